The summed E-state index contributed by atoms with van der Waals surface area (Å²) in [7, 11) is -6.51. The molecule has 0 saturated carbocycles. The quantitative estimate of drug-likeness (QED) is 0.559. The lowest BCUT2D eigenvalue weighted by molar-refractivity contribution is -0.140. The van der Waals surface area contributed by atoms with Gasteiger partial charge in [-0.15, -0.1) is 0 Å². The molecule has 0 bridgehead atoms. The summed E-state index contributed by atoms with van der Waals surface area (Å²) >= 11 is 0. The summed E-state index contributed by atoms with van der Waals surface area (Å²) < 4.78 is 49.0. The van der Waals surface area contributed by atoms with Gasteiger partial charge in [-0.1, -0.05) is 39.2 Å². The summed E-state index contributed by atoms with van der Waals surface area (Å²) in [5.74, 6) is -0.572. The summed E-state index contributed by atoms with van der Waals surface area (Å²) in [5.41, 5.74) is 1.82. The van der Waals surface area contributed by atoms with Crippen LogP contribution in [0.15, 0.2) is 62.1 Å². The zero-order valence-electron chi connectivity index (χ0n) is 15.2. The standard InChI is InChI=1S/C18H20N2O5S2/c1-13-4-8-15(9-5-13)26(22,20-12-17(20)18(21)25-3)19-27(23,24)16-10-6-14(2)7-11-16/h4-11,17H,12H2,1-3H3/t17-,20?,26?/m0/s1. The van der Waals surface area contributed by atoms with Crippen LogP contribution in [0.25, 0.3) is 0 Å². The highest BCUT2D eigenvalue weighted by Crippen LogP contribution is 2.33. The number of benzene rings is 2. The van der Waals surface area contributed by atoms with Crippen LogP contribution in [0.5, 0.6) is 0 Å². The fourth-order valence-corrected chi connectivity index (χ4v) is 6.66. The van der Waals surface area contributed by atoms with E-state index in [9.17, 15) is 17.4 Å². The van der Waals surface area contributed by atoms with Crippen LogP contribution in [0.4, 0.5) is 0 Å². The number of rotatable bonds is 5. The molecule has 1 aliphatic rings. The van der Waals surface area contributed by atoms with Gasteiger partial charge in [0.15, 0.2) is 9.92 Å². The van der Waals surface area contributed by atoms with E-state index in [2.05, 4.69) is 8.50 Å². The Kier molecular flexibility index (Phi) is 5.11. The second-order valence-electron chi connectivity index (χ2n) is 6.31. The first-order chi connectivity index (χ1) is 12.7. The molecule has 2 unspecified atom stereocenters. The van der Waals surface area contributed by atoms with Gasteiger partial charge in [-0.2, -0.15) is 12.7 Å². The van der Waals surface area contributed by atoms with Crippen LogP contribution in [0, 0.1) is 13.8 Å². The van der Waals surface area contributed by atoms with Gasteiger partial charge in [-0.3, -0.25) is 4.79 Å². The molecule has 0 amide bonds. The molecule has 3 atom stereocenters. The van der Waals surface area contributed by atoms with E-state index in [4.69, 9.17) is 0 Å². The molecule has 9 heteroatoms. The molecule has 1 heterocycles. The Morgan fingerprint density at radius 1 is 0.963 bits per heavy atom. The van der Waals surface area contributed by atoms with Gasteiger partial charge in [0.05, 0.1) is 16.9 Å². The average molecular weight is 409 g/mol. The Bertz CT molecular complexity index is 1080. The van der Waals surface area contributed by atoms with Crippen LogP contribution in [0.2, 0.25) is 0 Å². The number of methoxy groups -OCH3 is 1. The SMILES string of the molecule is COC(=O)[C@@H]1CN1S(=O)(=NS(=O)(=O)c1ccc(C)cc1)c1ccc(C)cc1. The summed E-state index contributed by atoms with van der Waals surface area (Å²) in [4.78, 5) is 12.0. The van der Waals surface area contributed by atoms with E-state index < -0.39 is 31.9 Å². The molecule has 7 nitrogen and oxygen atoms in total. The first-order valence-corrected chi connectivity index (χ1v) is 11.1. The van der Waals surface area contributed by atoms with E-state index in [0.29, 0.717) is 0 Å². The number of carbonyl (C=O) groups excluding carboxylic acids is 1. The van der Waals surface area contributed by atoms with Crippen LogP contribution in [0.1, 0.15) is 11.1 Å². The van der Waals surface area contributed by atoms with Gasteiger partial charge in [0.2, 0.25) is 0 Å². The van der Waals surface area contributed by atoms with E-state index in [-0.39, 0.29) is 16.3 Å². The lowest BCUT2D eigenvalue weighted by Crippen LogP contribution is -2.21. The van der Waals surface area contributed by atoms with E-state index in [1.165, 1.54) is 23.5 Å². The Balaban J connectivity index is 2.14. The highest BCUT2D eigenvalue weighted by atomic mass is 32.3. The predicted octanol–water partition coefficient (Wildman–Crippen LogP) is 2.29. The number of ether oxygens (including phenoxy) is 1. The Hall–Kier alpha value is -2.23. The molecule has 0 N–H and O–H groups in total. The fraction of sp³-hybridized carbons (Fsp3) is 0.278. The van der Waals surface area contributed by atoms with Crippen molar-refractivity contribution in [3.8, 4) is 0 Å². The van der Waals surface area contributed by atoms with Crippen LogP contribution >= 0.6 is 0 Å². The maximum Gasteiger partial charge on any atom is 0.325 e. The molecule has 1 saturated heterocycles. The molecule has 2 aromatic carbocycles. The summed E-state index contributed by atoms with van der Waals surface area (Å²) in [5, 5.41) is 0. The molecule has 2 aromatic rings. The van der Waals surface area contributed by atoms with Crippen molar-refractivity contribution in [3.63, 3.8) is 0 Å². The van der Waals surface area contributed by atoms with Gasteiger partial charge in [0, 0.05) is 6.54 Å². The normalized spacial score (nSPS) is 21.1. The second kappa shape index (κ2) is 7.06. The molecule has 144 valence electrons. The van der Waals surface area contributed by atoms with Gasteiger partial charge in [0.1, 0.15) is 6.04 Å². The maximum absolute atomic E-state index is 13.7. The lowest BCUT2D eigenvalue weighted by Gasteiger charge is -2.12. The van der Waals surface area contributed by atoms with Crippen LogP contribution in [-0.2, 0) is 29.5 Å². The fourth-order valence-electron chi connectivity index (χ4n) is 2.55. The first-order valence-electron chi connectivity index (χ1n) is 8.19. The second-order valence-corrected chi connectivity index (χ2v) is 10.3. The van der Waals surface area contributed by atoms with Crippen molar-refractivity contribution in [3.05, 3.63) is 59.7 Å². The number of nitrogens with zero attached hydrogens (tertiary/aromatic N) is 2. The Morgan fingerprint density at radius 2 is 1.44 bits per heavy atom. The largest absolute Gasteiger partial charge is 0.468 e. The monoisotopic (exact) mass is 408 g/mol. The van der Waals surface area contributed by atoms with Gasteiger partial charge < -0.3 is 4.74 Å². The third kappa shape index (κ3) is 3.90. The zero-order valence-corrected chi connectivity index (χ0v) is 16.8. The van der Waals surface area contributed by atoms with Gasteiger partial charge in [-0.25, -0.2) is 4.21 Å². The third-order valence-corrected chi connectivity index (χ3v) is 8.59. The van der Waals surface area contributed by atoms with Gasteiger partial charge in [0.25, 0.3) is 10.0 Å². The van der Waals surface area contributed by atoms with Crippen LogP contribution in [-0.4, -0.2) is 42.6 Å². The van der Waals surface area contributed by atoms with Crippen molar-refractivity contribution in [1.29, 1.82) is 0 Å². The number of hydrogen-bond donors (Lipinski definition) is 0. The molecular formula is C18H20N2O5S2. The predicted molar refractivity (Wildman–Crippen MR) is 101 cm³/mol. The molecular weight excluding hydrogens is 388 g/mol. The van der Waals surface area contributed by atoms with Crippen molar-refractivity contribution in [1.82, 2.24) is 4.31 Å². The van der Waals surface area contributed by atoms with Crippen molar-refractivity contribution in [2.75, 3.05) is 13.7 Å². The molecule has 1 aliphatic heterocycles. The highest BCUT2D eigenvalue weighted by Gasteiger charge is 2.49. The van der Waals surface area contributed by atoms with Crippen molar-refractivity contribution >= 4 is 25.9 Å². The molecule has 0 spiro atoms. The minimum absolute atomic E-state index is 0.0515. The van der Waals surface area contributed by atoms with Crippen molar-refractivity contribution in [2.24, 2.45) is 3.77 Å². The summed E-state index contributed by atoms with van der Waals surface area (Å²) in [6.07, 6.45) is 0. The smallest absolute Gasteiger partial charge is 0.325 e. The topological polar surface area (TPSA) is 92.9 Å². The van der Waals surface area contributed by atoms with Crippen molar-refractivity contribution < 1.29 is 22.2 Å². The van der Waals surface area contributed by atoms with Gasteiger partial charge in [-0.05, 0) is 38.1 Å². The average Bonchev–Trinajstić information content (AvgIpc) is 3.43. The Morgan fingerprint density at radius 3 is 1.93 bits per heavy atom. The number of carbonyl (C=O) groups is 1. The zero-order chi connectivity index (χ0) is 19.8. The summed E-state index contributed by atoms with van der Waals surface area (Å²) in [6, 6.07) is 11.9. The van der Waals surface area contributed by atoms with E-state index in [1.54, 1.807) is 36.4 Å². The molecule has 0 aliphatic carbocycles. The van der Waals surface area contributed by atoms with E-state index >= 15 is 0 Å². The van der Waals surface area contributed by atoms with Crippen LogP contribution in [0.3, 0.4) is 0 Å². The maximum atomic E-state index is 13.7. The van der Waals surface area contributed by atoms with Gasteiger partial charge >= 0.3 is 5.97 Å². The molecule has 3 rings (SSSR count). The lowest BCUT2D eigenvalue weighted by atomic mass is 10.2. The van der Waals surface area contributed by atoms with E-state index in [1.807, 2.05) is 13.8 Å². The molecule has 0 radical (unpaired) electrons. The minimum Gasteiger partial charge on any atom is -0.468 e. The number of sulfonamides is 1. The minimum atomic E-state index is -4.20. The first kappa shape index (κ1) is 19.5. The Labute approximate surface area is 159 Å². The molecule has 0 aromatic heterocycles. The third-order valence-electron chi connectivity index (χ3n) is 4.20. The van der Waals surface area contributed by atoms with E-state index in [0.717, 1.165) is 11.1 Å². The number of esters is 1. The molecule has 27 heavy (non-hydrogen) atoms. The highest BCUT2D eigenvalue weighted by molar-refractivity contribution is 8.02. The number of hydrogen-bond acceptors (Lipinski definition) is 5. The summed E-state index contributed by atoms with van der Waals surface area (Å²) in [6.45, 7) is 3.81. The molecule has 1 fully saturated rings. The number of aryl methyl sites for hydroxylation is 2. The van der Waals surface area contributed by atoms with Crippen LogP contribution < -0.4 is 0 Å². The van der Waals surface area contributed by atoms with Crippen molar-refractivity contribution in [2.45, 2.75) is 29.7 Å².